The topological polar surface area (TPSA) is 66.9 Å². The number of ether oxygens (including phenoxy) is 1. The van der Waals surface area contributed by atoms with Gasteiger partial charge in [0.15, 0.2) is 6.61 Å². The highest BCUT2D eigenvalue weighted by atomic mass is 32.1. The number of esters is 1. The van der Waals surface area contributed by atoms with E-state index < -0.39 is 0 Å². The summed E-state index contributed by atoms with van der Waals surface area (Å²) in [7, 11) is 0. The van der Waals surface area contributed by atoms with Crippen molar-refractivity contribution >= 4 is 29.1 Å². The first-order valence-corrected chi connectivity index (χ1v) is 10.3. The molecule has 2 atom stereocenters. The minimum atomic E-state index is -0.362. The molecule has 2 unspecified atom stereocenters. The Balaban J connectivity index is 1.51. The van der Waals surface area contributed by atoms with Gasteiger partial charge in [0.1, 0.15) is 0 Å². The van der Waals surface area contributed by atoms with E-state index in [1.165, 1.54) is 4.88 Å². The molecule has 26 heavy (non-hydrogen) atoms. The van der Waals surface area contributed by atoms with E-state index in [-0.39, 0.29) is 36.4 Å². The van der Waals surface area contributed by atoms with Gasteiger partial charge < -0.3 is 14.5 Å². The molecule has 7 heteroatoms. The van der Waals surface area contributed by atoms with Crippen LogP contribution in [0.3, 0.4) is 0 Å². The van der Waals surface area contributed by atoms with Gasteiger partial charge in [-0.3, -0.25) is 14.4 Å². The van der Waals surface area contributed by atoms with Gasteiger partial charge >= 0.3 is 5.97 Å². The van der Waals surface area contributed by atoms with Crippen LogP contribution >= 0.6 is 11.3 Å². The number of piperidine rings is 1. The van der Waals surface area contributed by atoms with Gasteiger partial charge in [-0.05, 0) is 37.1 Å². The predicted molar refractivity (Wildman–Crippen MR) is 98.6 cm³/mol. The number of hydrogen-bond acceptors (Lipinski definition) is 5. The van der Waals surface area contributed by atoms with Crippen LogP contribution < -0.4 is 0 Å². The first kappa shape index (κ1) is 18.9. The van der Waals surface area contributed by atoms with E-state index >= 15 is 0 Å². The third-order valence-electron chi connectivity index (χ3n) is 5.19. The molecule has 0 aliphatic carbocycles. The highest BCUT2D eigenvalue weighted by Gasteiger charge is 2.33. The van der Waals surface area contributed by atoms with Gasteiger partial charge in [0.2, 0.25) is 5.91 Å². The Morgan fingerprint density at radius 3 is 2.73 bits per heavy atom. The molecule has 1 aromatic rings. The average Bonchev–Trinajstić information content (AvgIpc) is 3.36. The summed E-state index contributed by atoms with van der Waals surface area (Å²) in [5, 5.41) is 2.02. The van der Waals surface area contributed by atoms with Crippen molar-refractivity contribution in [2.45, 2.75) is 45.1 Å². The fourth-order valence-corrected chi connectivity index (χ4v) is 4.67. The lowest BCUT2D eigenvalue weighted by atomic mass is 9.98. The third kappa shape index (κ3) is 4.26. The summed E-state index contributed by atoms with van der Waals surface area (Å²) >= 11 is 1.65. The van der Waals surface area contributed by atoms with E-state index in [0.29, 0.717) is 32.5 Å². The normalized spacial score (nSPS) is 23.1. The lowest BCUT2D eigenvalue weighted by Crippen LogP contribution is -2.43. The van der Waals surface area contributed by atoms with E-state index in [4.69, 9.17) is 4.74 Å². The predicted octanol–water partition coefficient (Wildman–Crippen LogP) is 2.60. The Hall–Kier alpha value is -1.89. The fraction of sp³-hybridized carbons (Fsp3) is 0.632. The van der Waals surface area contributed by atoms with Gasteiger partial charge in [-0.25, -0.2) is 0 Å². The Kier molecular flexibility index (Phi) is 6.29. The molecule has 3 rings (SSSR count). The van der Waals surface area contributed by atoms with E-state index in [0.717, 1.165) is 19.3 Å². The third-order valence-corrected chi connectivity index (χ3v) is 6.17. The van der Waals surface area contributed by atoms with Crippen molar-refractivity contribution in [1.29, 1.82) is 0 Å². The smallest absolute Gasteiger partial charge is 0.311 e. The maximum Gasteiger partial charge on any atom is 0.311 e. The summed E-state index contributed by atoms with van der Waals surface area (Å²) in [6.07, 6.45) is 3.88. The Morgan fingerprint density at radius 2 is 2.00 bits per heavy atom. The lowest BCUT2D eigenvalue weighted by molar-refractivity contribution is -0.158. The zero-order valence-corrected chi connectivity index (χ0v) is 16.0. The van der Waals surface area contributed by atoms with Crippen molar-refractivity contribution < 1.29 is 19.1 Å². The zero-order valence-electron chi connectivity index (χ0n) is 15.2. The number of nitrogens with zero attached hydrogens (tertiary/aromatic N) is 2. The average molecular weight is 378 g/mol. The van der Waals surface area contributed by atoms with Gasteiger partial charge in [-0.2, -0.15) is 0 Å². The molecule has 3 heterocycles. The molecular formula is C19H26N2O4S. The standard InChI is InChI=1S/C19H26N2O4S/c1-2-17(22)20-9-3-6-14(12-20)19(24)25-13-18(23)21-10-4-7-15(21)16-8-5-11-26-16/h5,8,11,14-15H,2-4,6-7,9-10,12-13H2,1H3. The molecule has 2 saturated heterocycles. The molecule has 142 valence electrons. The minimum Gasteiger partial charge on any atom is -0.455 e. The first-order chi connectivity index (χ1) is 12.6. The van der Waals surface area contributed by atoms with Gasteiger partial charge in [0, 0.05) is 30.9 Å². The lowest BCUT2D eigenvalue weighted by Gasteiger charge is -2.31. The molecule has 0 saturated carbocycles. The van der Waals surface area contributed by atoms with Crippen LogP contribution in [0.25, 0.3) is 0 Å². The Labute approximate surface area is 158 Å². The van der Waals surface area contributed by atoms with Crippen molar-refractivity contribution in [3.63, 3.8) is 0 Å². The number of carbonyl (C=O) groups excluding carboxylic acids is 3. The van der Waals surface area contributed by atoms with Crippen molar-refractivity contribution in [2.24, 2.45) is 5.92 Å². The molecule has 6 nitrogen and oxygen atoms in total. The second-order valence-electron chi connectivity index (χ2n) is 6.90. The van der Waals surface area contributed by atoms with Crippen molar-refractivity contribution in [1.82, 2.24) is 9.80 Å². The highest BCUT2D eigenvalue weighted by molar-refractivity contribution is 7.10. The van der Waals surface area contributed by atoms with Gasteiger partial charge in [0.05, 0.1) is 12.0 Å². The van der Waals surface area contributed by atoms with E-state index in [1.807, 2.05) is 29.3 Å². The molecule has 1 aromatic heterocycles. The maximum atomic E-state index is 12.5. The summed E-state index contributed by atoms with van der Waals surface area (Å²) in [6, 6.07) is 4.15. The quantitative estimate of drug-likeness (QED) is 0.739. The molecule has 2 amide bonds. The van der Waals surface area contributed by atoms with Gasteiger partial charge in [-0.15, -0.1) is 11.3 Å². The molecule has 2 aliphatic rings. The largest absolute Gasteiger partial charge is 0.455 e. The second-order valence-corrected chi connectivity index (χ2v) is 7.88. The molecule has 0 aromatic carbocycles. The van der Waals surface area contributed by atoms with Gasteiger partial charge in [-0.1, -0.05) is 13.0 Å². The molecule has 2 aliphatic heterocycles. The molecule has 0 bridgehead atoms. The number of likely N-dealkylation sites (tertiary alicyclic amines) is 2. The molecule has 0 spiro atoms. The highest BCUT2D eigenvalue weighted by Crippen LogP contribution is 2.34. The van der Waals surface area contributed by atoms with Crippen LogP contribution in [0.1, 0.15) is 49.9 Å². The summed E-state index contributed by atoms with van der Waals surface area (Å²) in [4.78, 5) is 41.5. The second kappa shape index (κ2) is 8.66. The van der Waals surface area contributed by atoms with Crippen LogP contribution in [0.5, 0.6) is 0 Å². The zero-order chi connectivity index (χ0) is 18.5. The maximum absolute atomic E-state index is 12.5. The first-order valence-electron chi connectivity index (χ1n) is 9.37. The molecular weight excluding hydrogens is 352 g/mol. The van der Waals surface area contributed by atoms with Crippen LogP contribution in [0, 0.1) is 5.92 Å². The number of thiophene rings is 1. The van der Waals surface area contributed by atoms with Gasteiger partial charge in [0.25, 0.3) is 5.91 Å². The van der Waals surface area contributed by atoms with Crippen LogP contribution in [-0.4, -0.2) is 53.8 Å². The van der Waals surface area contributed by atoms with Crippen LogP contribution in [0.15, 0.2) is 17.5 Å². The number of rotatable bonds is 5. The summed E-state index contributed by atoms with van der Waals surface area (Å²) in [5.41, 5.74) is 0. The summed E-state index contributed by atoms with van der Waals surface area (Å²) < 4.78 is 5.32. The van der Waals surface area contributed by atoms with Crippen LogP contribution in [0.2, 0.25) is 0 Å². The number of hydrogen-bond donors (Lipinski definition) is 0. The molecule has 2 fully saturated rings. The SMILES string of the molecule is CCC(=O)N1CCCC(C(=O)OCC(=O)N2CCCC2c2cccs2)C1. The van der Waals surface area contributed by atoms with E-state index in [1.54, 1.807) is 16.2 Å². The van der Waals surface area contributed by atoms with Crippen LogP contribution in [-0.2, 0) is 19.1 Å². The Bertz CT molecular complexity index is 646. The minimum absolute atomic E-state index is 0.0643. The Morgan fingerprint density at radius 1 is 1.19 bits per heavy atom. The fourth-order valence-electron chi connectivity index (χ4n) is 3.80. The number of amides is 2. The molecule has 0 radical (unpaired) electrons. The van der Waals surface area contributed by atoms with Crippen molar-refractivity contribution in [2.75, 3.05) is 26.2 Å². The monoisotopic (exact) mass is 378 g/mol. The van der Waals surface area contributed by atoms with Crippen molar-refractivity contribution in [3.05, 3.63) is 22.4 Å². The molecule has 0 N–H and O–H groups in total. The van der Waals surface area contributed by atoms with Crippen LogP contribution in [0.4, 0.5) is 0 Å². The van der Waals surface area contributed by atoms with E-state index in [9.17, 15) is 14.4 Å². The summed E-state index contributed by atoms with van der Waals surface area (Å²) in [6.45, 7) is 3.43. The summed E-state index contributed by atoms with van der Waals surface area (Å²) in [5.74, 6) is -0.751. The number of carbonyl (C=O) groups is 3. The van der Waals surface area contributed by atoms with E-state index in [2.05, 4.69) is 0 Å². The van der Waals surface area contributed by atoms with Crippen molar-refractivity contribution in [3.8, 4) is 0 Å².